The predicted octanol–water partition coefficient (Wildman–Crippen LogP) is 2.21. The molecule has 1 aromatic carbocycles. The molecule has 0 aromatic heterocycles. The summed E-state index contributed by atoms with van der Waals surface area (Å²) in [5.41, 5.74) is 0.296. The lowest BCUT2D eigenvalue weighted by atomic mass is 10.3. The number of aliphatic carboxylic acids is 1. The summed E-state index contributed by atoms with van der Waals surface area (Å²) in [5, 5.41) is 11.4. The van der Waals surface area contributed by atoms with Crippen molar-refractivity contribution >= 4 is 29.2 Å². The van der Waals surface area contributed by atoms with Crippen LogP contribution >= 0.6 is 11.6 Å². The number of carboxylic acid groups (broad SMARTS) is 1. The zero-order chi connectivity index (χ0) is 15.1. The van der Waals surface area contributed by atoms with Crippen LogP contribution < -0.4 is 5.32 Å². The largest absolute Gasteiger partial charge is 0.480 e. The number of carbonyl (C=O) groups excluding carboxylic acids is 1. The number of rotatable bonds is 7. The Kier molecular flexibility index (Phi) is 6.41. The number of anilines is 1. The number of halogens is 2. The van der Waals surface area contributed by atoms with Gasteiger partial charge in [0.25, 0.3) is 0 Å². The molecular formula is C13H16ClFN2O3. The van der Waals surface area contributed by atoms with Gasteiger partial charge in [0.1, 0.15) is 5.82 Å². The molecule has 20 heavy (non-hydrogen) atoms. The number of hydrogen-bond acceptors (Lipinski definition) is 3. The highest BCUT2D eigenvalue weighted by Crippen LogP contribution is 2.22. The number of carboxylic acids is 1. The normalized spacial score (nSPS) is 10.6. The van der Waals surface area contributed by atoms with Gasteiger partial charge >= 0.3 is 5.97 Å². The van der Waals surface area contributed by atoms with E-state index >= 15 is 0 Å². The van der Waals surface area contributed by atoms with Crippen LogP contribution in [0.15, 0.2) is 18.2 Å². The van der Waals surface area contributed by atoms with Crippen LogP contribution in [0.5, 0.6) is 0 Å². The van der Waals surface area contributed by atoms with Crippen LogP contribution in [0, 0.1) is 5.82 Å². The van der Waals surface area contributed by atoms with Gasteiger partial charge in [0.2, 0.25) is 5.91 Å². The highest BCUT2D eigenvalue weighted by Gasteiger charge is 2.14. The molecule has 0 fully saturated rings. The predicted molar refractivity (Wildman–Crippen MR) is 74.4 cm³/mol. The summed E-state index contributed by atoms with van der Waals surface area (Å²) < 4.78 is 12.9. The molecule has 1 rings (SSSR count). The summed E-state index contributed by atoms with van der Waals surface area (Å²) in [5.74, 6) is -1.88. The van der Waals surface area contributed by atoms with Gasteiger partial charge in [-0.2, -0.15) is 0 Å². The average Bonchev–Trinajstić information content (AvgIpc) is 2.32. The first-order valence-electron chi connectivity index (χ1n) is 6.11. The first-order chi connectivity index (χ1) is 9.42. The fourth-order valence-corrected chi connectivity index (χ4v) is 1.92. The number of benzene rings is 1. The van der Waals surface area contributed by atoms with E-state index in [0.29, 0.717) is 12.2 Å². The Bertz CT molecular complexity index is 497. The minimum Gasteiger partial charge on any atom is -0.480 e. The quantitative estimate of drug-likeness (QED) is 0.810. The Balaban J connectivity index is 2.62. The average molecular weight is 303 g/mol. The second-order valence-corrected chi connectivity index (χ2v) is 4.68. The molecule has 0 unspecified atom stereocenters. The van der Waals surface area contributed by atoms with Crippen molar-refractivity contribution < 1.29 is 19.1 Å². The van der Waals surface area contributed by atoms with Gasteiger partial charge in [-0.3, -0.25) is 14.5 Å². The number of nitrogens with one attached hydrogen (secondary N) is 1. The van der Waals surface area contributed by atoms with Crippen LogP contribution in [0.1, 0.15) is 13.3 Å². The van der Waals surface area contributed by atoms with Gasteiger partial charge in [-0.1, -0.05) is 18.5 Å². The van der Waals surface area contributed by atoms with Gasteiger partial charge in [-0.15, -0.1) is 0 Å². The molecule has 0 spiro atoms. The number of hydrogen-bond donors (Lipinski definition) is 2. The second kappa shape index (κ2) is 7.81. The SMILES string of the molecule is CCCN(CC(=O)O)CC(=O)Nc1ccc(F)cc1Cl. The van der Waals surface area contributed by atoms with Crippen molar-refractivity contribution in [3.05, 3.63) is 29.0 Å². The van der Waals surface area contributed by atoms with Crippen molar-refractivity contribution in [3.8, 4) is 0 Å². The zero-order valence-electron chi connectivity index (χ0n) is 11.0. The highest BCUT2D eigenvalue weighted by atomic mass is 35.5. The lowest BCUT2D eigenvalue weighted by Gasteiger charge is -2.18. The molecule has 0 saturated heterocycles. The van der Waals surface area contributed by atoms with Crippen molar-refractivity contribution in [3.63, 3.8) is 0 Å². The standard InChI is InChI=1S/C13H16ClFN2O3/c1-2-5-17(8-13(19)20)7-12(18)16-11-4-3-9(15)6-10(11)14/h3-4,6H,2,5,7-8H2,1H3,(H,16,18)(H,19,20). The monoisotopic (exact) mass is 302 g/mol. The lowest BCUT2D eigenvalue weighted by molar-refractivity contribution is -0.138. The van der Waals surface area contributed by atoms with Crippen LogP contribution in [0.25, 0.3) is 0 Å². The molecule has 1 amide bonds. The van der Waals surface area contributed by atoms with E-state index in [2.05, 4.69) is 5.32 Å². The molecule has 7 heteroatoms. The second-order valence-electron chi connectivity index (χ2n) is 4.28. The maximum absolute atomic E-state index is 12.9. The molecule has 2 N–H and O–H groups in total. The van der Waals surface area contributed by atoms with Gasteiger partial charge < -0.3 is 10.4 Å². The van der Waals surface area contributed by atoms with E-state index in [1.807, 2.05) is 6.92 Å². The maximum Gasteiger partial charge on any atom is 0.317 e. The van der Waals surface area contributed by atoms with E-state index in [4.69, 9.17) is 16.7 Å². The maximum atomic E-state index is 12.9. The smallest absolute Gasteiger partial charge is 0.317 e. The van der Waals surface area contributed by atoms with E-state index in [1.165, 1.54) is 17.0 Å². The first-order valence-corrected chi connectivity index (χ1v) is 6.49. The molecule has 0 aliphatic carbocycles. The molecule has 110 valence electrons. The van der Waals surface area contributed by atoms with Crippen LogP contribution in [-0.4, -0.2) is 41.5 Å². The van der Waals surface area contributed by atoms with Crippen molar-refractivity contribution in [2.75, 3.05) is 25.0 Å². The molecule has 1 aromatic rings. The third kappa shape index (κ3) is 5.54. The summed E-state index contributed by atoms with van der Waals surface area (Å²) >= 11 is 5.79. The Morgan fingerprint density at radius 3 is 2.65 bits per heavy atom. The first kappa shape index (κ1) is 16.4. The van der Waals surface area contributed by atoms with E-state index in [0.717, 1.165) is 12.5 Å². The van der Waals surface area contributed by atoms with Gasteiger partial charge in [-0.25, -0.2) is 4.39 Å². The van der Waals surface area contributed by atoms with Crippen LogP contribution in [0.3, 0.4) is 0 Å². The third-order valence-corrected chi connectivity index (χ3v) is 2.78. The number of carbonyl (C=O) groups is 2. The molecular weight excluding hydrogens is 287 g/mol. The molecule has 0 aliphatic heterocycles. The lowest BCUT2D eigenvalue weighted by Crippen LogP contribution is -2.37. The summed E-state index contributed by atoms with van der Waals surface area (Å²) in [4.78, 5) is 24.0. The summed E-state index contributed by atoms with van der Waals surface area (Å²) in [7, 11) is 0. The summed E-state index contributed by atoms with van der Waals surface area (Å²) in [6, 6.07) is 3.64. The van der Waals surface area contributed by atoms with Gasteiger partial charge in [0, 0.05) is 0 Å². The van der Waals surface area contributed by atoms with Gasteiger partial charge in [0.05, 0.1) is 23.8 Å². The topological polar surface area (TPSA) is 69.6 Å². The molecule has 5 nitrogen and oxygen atoms in total. The molecule has 0 saturated carbocycles. The van der Waals surface area contributed by atoms with Crippen molar-refractivity contribution in [1.29, 1.82) is 0 Å². The fourth-order valence-electron chi connectivity index (χ4n) is 1.71. The number of amides is 1. The van der Waals surface area contributed by atoms with Crippen molar-refractivity contribution in [2.24, 2.45) is 0 Å². The molecule has 0 radical (unpaired) electrons. The minimum absolute atomic E-state index is 0.0617. The van der Waals surface area contributed by atoms with Crippen molar-refractivity contribution in [1.82, 2.24) is 4.90 Å². The Hall–Kier alpha value is -1.66. The summed E-state index contributed by atoms with van der Waals surface area (Å²) in [6.45, 7) is 2.12. The fraction of sp³-hybridized carbons (Fsp3) is 0.385. The van der Waals surface area contributed by atoms with Crippen LogP contribution in [-0.2, 0) is 9.59 Å². The van der Waals surface area contributed by atoms with Gasteiger partial charge in [-0.05, 0) is 31.2 Å². The summed E-state index contributed by atoms with van der Waals surface area (Å²) in [6.07, 6.45) is 0.734. The minimum atomic E-state index is -0.994. The van der Waals surface area contributed by atoms with E-state index in [1.54, 1.807) is 0 Å². The van der Waals surface area contributed by atoms with Crippen molar-refractivity contribution in [2.45, 2.75) is 13.3 Å². The molecule has 0 bridgehead atoms. The Morgan fingerprint density at radius 1 is 1.40 bits per heavy atom. The Labute approximate surface area is 121 Å². The van der Waals surface area contributed by atoms with E-state index in [-0.39, 0.29) is 18.1 Å². The number of nitrogens with zero attached hydrogens (tertiary/aromatic N) is 1. The molecule has 0 atom stereocenters. The van der Waals surface area contributed by atoms with E-state index < -0.39 is 17.7 Å². The molecule has 0 heterocycles. The van der Waals surface area contributed by atoms with E-state index in [9.17, 15) is 14.0 Å². The molecule has 0 aliphatic rings. The van der Waals surface area contributed by atoms with Gasteiger partial charge in [0.15, 0.2) is 0 Å². The third-order valence-electron chi connectivity index (χ3n) is 2.47. The Morgan fingerprint density at radius 2 is 2.10 bits per heavy atom. The highest BCUT2D eigenvalue weighted by molar-refractivity contribution is 6.33. The van der Waals surface area contributed by atoms with Crippen LogP contribution in [0.2, 0.25) is 5.02 Å². The van der Waals surface area contributed by atoms with Crippen LogP contribution in [0.4, 0.5) is 10.1 Å². The zero-order valence-corrected chi connectivity index (χ0v) is 11.8.